The molecule has 0 saturated carbocycles. The fourth-order valence-electron chi connectivity index (χ4n) is 4.25. The second-order valence-electron chi connectivity index (χ2n) is 9.67. The predicted molar refractivity (Wildman–Crippen MR) is 159 cm³/mol. The first-order valence-corrected chi connectivity index (χ1v) is 14.7. The van der Waals surface area contributed by atoms with Crippen molar-refractivity contribution in [1.29, 1.82) is 0 Å². The van der Waals surface area contributed by atoms with E-state index in [2.05, 4.69) is 5.32 Å². The molecule has 0 fully saturated rings. The Morgan fingerprint density at radius 2 is 1.45 bits per heavy atom. The molecule has 0 aliphatic heterocycles. The lowest BCUT2D eigenvalue weighted by Crippen LogP contribution is -2.50. The average Bonchev–Trinajstić information content (AvgIpc) is 3.00. The Bertz CT molecular complexity index is 1610. The van der Waals surface area contributed by atoms with E-state index in [1.54, 1.807) is 55.5 Å². The Morgan fingerprint density at radius 1 is 0.857 bits per heavy atom. The van der Waals surface area contributed by atoms with Gasteiger partial charge in [0.15, 0.2) is 0 Å². The highest BCUT2D eigenvalue weighted by Gasteiger charge is 2.32. The lowest BCUT2D eigenvalue weighted by molar-refractivity contribution is -0.139. The van der Waals surface area contributed by atoms with Crippen molar-refractivity contribution in [3.8, 4) is 11.5 Å². The van der Waals surface area contributed by atoms with Crippen LogP contribution in [0.25, 0.3) is 0 Å². The predicted octanol–water partition coefficient (Wildman–Crippen LogP) is 5.29. The van der Waals surface area contributed by atoms with E-state index < -0.39 is 40.2 Å². The summed E-state index contributed by atoms with van der Waals surface area (Å²) in [6.07, 6.45) is 0. The topological polar surface area (TPSA) is 96.0 Å². The van der Waals surface area contributed by atoms with Crippen LogP contribution in [0.5, 0.6) is 11.5 Å². The number of benzene rings is 4. The summed E-state index contributed by atoms with van der Waals surface area (Å²) in [4.78, 5) is 27.7. The lowest BCUT2D eigenvalue weighted by Gasteiger charge is -2.31. The first-order valence-electron chi connectivity index (χ1n) is 13.3. The number of hydrogen-bond acceptors (Lipinski definition) is 5. The molecule has 4 aromatic rings. The first kappa shape index (κ1) is 30.3. The zero-order chi connectivity index (χ0) is 30.3. The molecule has 0 spiro atoms. The monoisotopic (exact) mass is 589 g/mol. The van der Waals surface area contributed by atoms with E-state index in [9.17, 15) is 22.4 Å². The number of para-hydroxylation sites is 1. The largest absolute Gasteiger partial charge is 0.457 e. The number of amides is 2. The second-order valence-corrected chi connectivity index (χ2v) is 11.5. The maximum absolute atomic E-state index is 13.9. The third-order valence-electron chi connectivity index (χ3n) is 6.67. The molecule has 42 heavy (non-hydrogen) atoms. The molecule has 4 aromatic carbocycles. The summed E-state index contributed by atoms with van der Waals surface area (Å²) >= 11 is 0. The van der Waals surface area contributed by atoms with E-state index in [4.69, 9.17) is 4.74 Å². The zero-order valence-electron chi connectivity index (χ0n) is 23.5. The van der Waals surface area contributed by atoms with Gasteiger partial charge in [-0.15, -0.1) is 0 Å². The number of aryl methyl sites for hydroxylation is 1. The number of halogens is 1. The van der Waals surface area contributed by atoms with Crippen molar-refractivity contribution in [2.45, 2.75) is 31.3 Å². The number of nitrogens with zero attached hydrogens (tertiary/aromatic N) is 2. The summed E-state index contributed by atoms with van der Waals surface area (Å²) in [6, 6.07) is 26.4. The quantitative estimate of drug-likeness (QED) is 0.257. The number of ether oxygens (including phenoxy) is 1. The molecule has 0 unspecified atom stereocenters. The minimum absolute atomic E-state index is 0.00921. The average molecular weight is 590 g/mol. The van der Waals surface area contributed by atoms with Crippen LogP contribution in [-0.2, 0) is 26.2 Å². The van der Waals surface area contributed by atoms with Gasteiger partial charge in [-0.3, -0.25) is 13.9 Å². The molecule has 218 valence electrons. The summed E-state index contributed by atoms with van der Waals surface area (Å²) in [6.45, 7) is 2.78. The Labute approximate surface area is 245 Å². The molecule has 4 rings (SSSR count). The van der Waals surface area contributed by atoms with Crippen molar-refractivity contribution in [1.82, 2.24) is 10.2 Å². The summed E-state index contributed by atoms with van der Waals surface area (Å²) in [7, 11) is -2.76. The summed E-state index contributed by atoms with van der Waals surface area (Å²) in [5.74, 6) is -0.387. The van der Waals surface area contributed by atoms with E-state index in [-0.39, 0.29) is 17.1 Å². The lowest BCUT2D eigenvalue weighted by atomic mass is 10.1. The summed E-state index contributed by atoms with van der Waals surface area (Å²) in [5.41, 5.74) is 1.69. The number of nitrogens with one attached hydrogen (secondary N) is 1. The molecule has 0 aliphatic rings. The maximum atomic E-state index is 13.9. The van der Waals surface area contributed by atoms with Crippen LogP contribution in [0.2, 0.25) is 0 Å². The maximum Gasteiger partial charge on any atom is 0.264 e. The minimum Gasteiger partial charge on any atom is -0.457 e. The van der Waals surface area contributed by atoms with Gasteiger partial charge < -0.3 is 15.0 Å². The van der Waals surface area contributed by atoms with Crippen LogP contribution in [-0.4, -0.2) is 44.8 Å². The van der Waals surface area contributed by atoms with E-state index in [1.807, 2.05) is 25.1 Å². The molecule has 0 bridgehead atoms. The number of rotatable bonds is 11. The van der Waals surface area contributed by atoms with Crippen molar-refractivity contribution in [3.63, 3.8) is 0 Å². The van der Waals surface area contributed by atoms with Crippen LogP contribution in [0.15, 0.2) is 108 Å². The summed E-state index contributed by atoms with van der Waals surface area (Å²) < 4.78 is 48.3. The highest BCUT2D eigenvalue weighted by molar-refractivity contribution is 7.92. The van der Waals surface area contributed by atoms with Gasteiger partial charge >= 0.3 is 0 Å². The van der Waals surface area contributed by atoms with Crippen molar-refractivity contribution in [2.24, 2.45) is 0 Å². The Morgan fingerprint density at radius 3 is 2.05 bits per heavy atom. The van der Waals surface area contributed by atoms with Gasteiger partial charge in [-0.25, -0.2) is 12.8 Å². The van der Waals surface area contributed by atoms with Gasteiger partial charge in [-0.2, -0.15) is 0 Å². The Balaban J connectivity index is 1.69. The molecule has 10 heteroatoms. The van der Waals surface area contributed by atoms with E-state index in [0.717, 1.165) is 9.87 Å². The van der Waals surface area contributed by atoms with Crippen LogP contribution in [0.4, 0.5) is 10.1 Å². The molecule has 0 radical (unpaired) electrons. The molecule has 0 aromatic heterocycles. The van der Waals surface area contributed by atoms with Crippen molar-refractivity contribution < 1.29 is 27.1 Å². The number of sulfonamides is 1. The first-order chi connectivity index (χ1) is 20.1. The summed E-state index contributed by atoms with van der Waals surface area (Å²) in [5, 5.41) is 2.53. The zero-order valence-corrected chi connectivity index (χ0v) is 24.3. The van der Waals surface area contributed by atoms with Gasteiger partial charge in [0, 0.05) is 13.6 Å². The number of likely N-dealkylation sites (N-methyl/N-ethyl adjacent to an activating group) is 1. The van der Waals surface area contributed by atoms with Gasteiger partial charge in [0.05, 0.1) is 10.6 Å². The Kier molecular flexibility index (Phi) is 9.59. The molecular formula is C32H32FN3O5S. The molecule has 2 amide bonds. The molecule has 0 aliphatic carbocycles. The normalized spacial score (nSPS) is 11.8. The highest BCUT2D eigenvalue weighted by Crippen LogP contribution is 2.28. The van der Waals surface area contributed by atoms with Crippen LogP contribution in [0.3, 0.4) is 0 Å². The minimum atomic E-state index is -4.21. The smallest absolute Gasteiger partial charge is 0.264 e. The molecule has 8 nitrogen and oxygen atoms in total. The van der Waals surface area contributed by atoms with Crippen LogP contribution < -0.4 is 14.4 Å². The fraction of sp³-hybridized carbons (Fsp3) is 0.188. The molecule has 0 saturated heterocycles. The van der Waals surface area contributed by atoms with Gasteiger partial charge in [-0.1, -0.05) is 48.0 Å². The third-order valence-corrected chi connectivity index (χ3v) is 8.46. The van der Waals surface area contributed by atoms with Crippen LogP contribution in [0, 0.1) is 12.7 Å². The van der Waals surface area contributed by atoms with Crippen LogP contribution in [0.1, 0.15) is 18.1 Å². The van der Waals surface area contributed by atoms with Crippen molar-refractivity contribution >= 4 is 27.5 Å². The van der Waals surface area contributed by atoms with E-state index in [1.165, 1.54) is 48.3 Å². The molecular weight excluding hydrogens is 557 g/mol. The fourth-order valence-corrected chi connectivity index (χ4v) is 5.66. The van der Waals surface area contributed by atoms with Crippen molar-refractivity contribution in [2.75, 3.05) is 17.9 Å². The van der Waals surface area contributed by atoms with Crippen LogP contribution >= 0.6 is 0 Å². The van der Waals surface area contributed by atoms with Gasteiger partial charge in [-0.05, 0) is 80.1 Å². The van der Waals surface area contributed by atoms with Gasteiger partial charge in [0.2, 0.25) is 11.8 Å². The number of hydrogen-bond donors (Lipinski definition) is 1. The molecule has 0 heterocycles. The van der Waals surface area contributed by atoms with Crippen molar-refractivity contribution in [3.05, 3.63) is 120 Å². The number of carbonyl (C=O) groups is 2. The number of carbonyl (C=O) groups excluding carboxylic acids is 2. The number of anilines is 1. The Hall–Kier alpha value is -4.70. The highest BCUT2D eigenvalue weighted by atomic mass is 32.2. The third kappa shape index (κ3) is 7.32. The second kappa shape index (κ2) is 13.3. The van der Waals surface area contributed by atoms with Gasteiger partial charge in [0.25, 0.3) is 10.0 Å². The van der Waals surface area contributed by atoms with E-state index in [0.29, 0.717) is 17.1 Å². The standard InChI is InChI=1S/C32H32FN3O5S/c1-23-9-19-30(20-10-23)42(39,40)36(27-15-17-29(18-16-27)41-28-7-5-4-6-8-28)22-31(37)35(24(2)32(38)34-3)21-25-11-13-26(33)14-12-25/h4-20,24H,21-22H2,1-3H3,(H,34,38)/t24-/m1/s1. The SMILES string of the molecule is CNC(=O)[C@@H](C)N(Cc1ccc(F)cc1)C(=O)CN(c1ccc(Oc2ccccc2)cc1)S(=O)(=O)c1ccc(C)cc1. The van der Waals surface area contributed by atoms with E-state index >= 15 is 0 Å². The molecule has 1 atom stereocenters. The van der Waals surface area contributed by atoms with Gasteiger partial charge in [0.1, 0.15) is 29.9 Å². The molecule has 1 N–H and O–H groups in total.